The summed E-state index contributed by atoms with van der Waals surface area (Å²) in [5, 5.41) is 26.0. The van der Waals surface area contributed by atoms with Crippen molar-refractivity contribution in [1.29, 1.82) is 0 Å². The molecule has 71 heavy (non-hydrogen) atoms. The highest BCUT2D eigenvalue weighted by atomic mass is 16.3. The Morgan fingerprint density at radius 1 is 0.620 bits per heavy atom. The lowest BCUT2D eigenvalue weighted by Crippen LogP contribution is -2.78. The number of nitrogens with one attached hydrogen (secondary N) is 8. The van der Waals surface area contributed by atoms with Gasteiger partial charge in [-0.05, 0) is 80.9 Å². The van der Waals surface area contributed by atoms with E-state index in [4.69, 9.17) is 40.2 Å². The van der Waals surface area contributed by atoms with Crippen molar-refractivity contribution in [2.75, 3.05) is 19.6 Å². The van der Waals surface area contributed by atoms with E-state index in [1.807, 2.05) is 0 Å². The lowest BCUT2D eigenvalue weighted by molar-refractivity contribution is -0.460. The summed E-state index contributed by atoms with van der Waals surface area (Å²) in [6.45, 7) is 8.95. The van der Waals surface area contributed by atoms with Crippen LogP contribution in [-0.2, 0) is 49.6 Å². The highest BCUT2D eigenvalue weighted by molar-refractivity contribution is 5.98. The number of primary amides is 2. The van der Waals surface area contributed by atoms with Crippen molar-refractivity contribution in [2.45, 2.75) is 141 Å². The molecule has 9 amide bonds. The molecule has 0 aromatic heterocycles. The van der Waals surface area contributed by atoms with Crippen molar-refractivity contribution >= 4 is 65.1 Å². The quantitative estimate of drug-likeness (QED) is 0.00777. The van der Waals surface area contributed by atoms with Gasteiger partial charge in [-0.3, -0.25) is 81.1 Å². The van der Waals surface area contributed by atoms with Crippen LogP contribution in [0.3, 0.4) is 0 Å². The number of carbonyl (C=O) groups excluding carboxylic acids is 9. The molecule has 1 rings (SSSR count). The van der Waals surface area contributed by atoms with E-state index in [0.717, 1.165) is 0 Å². The number of amides is 9. The number of carbonyl (C=O) groups is 9. The van der Waals surface area contributed by atoms with Gasteiger partial charge in [0.1, 0.15) is 48.0 Å². The van der Waals surface area contributed by atoms with E-state index >= 15 is 0 Å². The number of nitrogens with zero attached hydrogens (tertiary/aromatic N) is 1. The molecule has 0 saturated heterocycles. The van der Waals surface area contributed by atoms with Crippen LogP contribution in [0.25, 0.3) is 0 Å². The summed E-state index contributed by atoms with van der Waals surface area (Å²) < 4.78 is 0. The molecule has 0 spiro atoms. The second-order valence-corrected chi connectivity index (χ2v) is 18.0. The zero-order valence-electron chi connectivity index (χ0n) is 41.5. The average molecular weight is 1010 g/mol. The van der Waals surface area contributed by atoms with Crippen LogP contribution in [0, 0.1) is 11.8 Å². The predicted octanol–water partition coefficient (Wildman–Crippen LogP) is -9.32. The monoisotopic (exact) mass is 1010 g/mol. The van der Waals surface area contributed by atoms with Crippen LogP contribution < -0.4 is 87.9 Å². The van der Waals surface area contributed by atoms with Crippen molar-refractivity contribution in [3.05, 3.63) is 29.8 Å². The van der Waals surface area contributed by atoms with E-state index in [-0.39, 0.29) is 75.2 Å². The van der Waals surface area contributed by atoms with Crippen LogP contribution in [0.4, 0.5) is 0 Å². The van der Waals surface area contributed by atoms with Crippen molar-refractivity contribution in [3.8, 4) is 5.75 Å². The summed E-state index contributed by atoms with van der Waals surface area (Å²) in [6.07, 6.45) is 0.986. The summed E-state index contributed by atoms with van der Waals surface area (Å²) >= 11 is 0. The Labute approximate surface area is 413 Å². The minimum absolute atomic E-state index is 0.0250. The number of benzene rings is 1. The smallest absolute Gasteiger partial charge is 0.338 e. The summed E-state index contributed by atoms with van der Waals surface area (Å²) in [5.74, 6) is -2.16. The number of hydrazine groups is 1. The van der Waals surface area contributed by atoms with E-state index in [9.17, 15) is 48.3 Å². The third-order valence-corrected chi connectivity index (χ3v) is 10.8. The Kier molecular flexibility index (Phi) is 27.6. The summed E-state index contributed by atoms with van der Waals surface area (Å²) in [4.78, 5) is 126. The highest BCUT2D eigenvalue weighted by Crippen LogP contribution is 2.17. The average Bonchev–Trinajstić information content (AvgIpc) is 3.27. The first kappa shape index (κ1) is 61.7. The van der Waals surface area contributed by atoms with E-state index < -0.39 is 108 Å². The molecule has 398 valence electrons. The number of rotatable bonds is 33. The Balaban J connectivity index is 3.62. The van der Waals surface area contributed by atoms with Gasteiger partial charge in [0.05, 0.1) is 26.1 Å². The number of phenolic OH excluding ortho intramolecular Hbond substituents is 1. The van der Waals surface area contributed by atoms with Crippen molar-refractivity contribution in [3.63, 3.8) is 0 Å². The van der Waals surface area contributed by atoms with Gasteiger partial charge in [0.2, 0.25) is 47.3 Å². The van der Waals surface area contributed by atoms with Crippen LogP contribution in [0.2, 0.25) is 0 Å². The van der Waals surface area contributed by atoms with Gasteiger partial charge < -0.3 is 54.2 Å². The fraction of sp³-hybridized carbons (Fsp3) is 0.614. The van der Waals surface area contributed by atoms with Crippen molar-refractivity contribution in [1.82, 2.24) is 36.9 Å². The number of unbranched alkanes of at least 4 members (excludes halogenated alkanes) is 1. The molecular formula is C44H80N17O10+3. The summed E-state index contributed by atoms with van der Waals surface area (Å²) in [7, 11) is 0. The molecule has 0 fully saturated rings. The standard InChI is InChI=1S/C44H77N17O10/c1-23(2)20-32(59-41(70)35(24(3)4)60-39(68)31(22-34(46)64)58-37(66)29(55-25(5)62)10-6-7-17-45)42(71)61(52)33(21-26-13-15-27(63)16-14-26)40(69)57-30(12-9-19-54-44(50)51)38(67)56-28(36(47)65)11-8-18-53-43(48)49/h13-16,23-24,28-33,35,63H,6-12,17-22,45,52H2,1-5H3,(H2,46,64)(H2,47,65)(H,55,62)(H,56,67)(H,57,69)(H,58,66)(H,59,70)(H,60,68)(H4,48,49,53)(H4,50,51,54)/p+3/t28-,29-,30-,31-,32-,33-,35-/m0/s1. The molecule has 1 aromatic rings. The van der Waals surface area contributed by atoms with E-state index in [1.165, 1.54) is 31.2 Å². The fourth-order valence-electron chi connectivity index (χ4n) is 7.14. The topological polar surface area (TPSA) is 487 Å². The molecule has 0 radical (unpaired) electrons. The van der Waals surface area contributed by atoms with Gasteiger partial charge in [-0.1, -0.05) is 39.8 Å². The number of hydrogen-bond acceptors (Lipinski definition) is 11. The summed E-state index contributed by atoms with van der Waals surface area (Å²) in [6, 6.07) is -3.83. The van der Waals surface area contributed by atoms with Gasteiger partial charge >= 0.3 is 11.9 Å². The van der Waals surface area contributed by atoms with Crippen LogP contribution in [-0.4, -0.2) is 137 Å². The predicted molar refractivity (Wildman–Crippen MR) is 260 cm³/mol. The Morgan fingerprint density at radius 3 is 1.58 bits per heavy atom. The summed E-state index contributed by atoms with van der Waals surface area (Å²) in [5.41, 5.74) is 37.2. The molecule has 0 heterocycles. The Hall–Kier alpha value is -7.29. The van der Waals surface area contributed by atoms with Gasteiger partial charge in [0.15, 0.2) is 0 Å². The van der Waals surface area contributed by atoms with Gasteiger partial charge in [0.25, 0.3) is 5.91 Å². The lowest BCUT2D eigenvalue weighted by Gasteiger charge is -2.33. The maximum Gasteiger partial charge on any atom is 0.338 e. The second-order valence-electron chi connectivity index (χ2n) is 18.0. The SMILES string of the molecule is CC(=O)N[C@@H](CCCC[NH3+])C(=O)N[C@@H](CC(N)=O)C(=O)N[C@H](C(=O)N[C@@H](CC(C)C)C(=O)N(N)[C@@H](Cc1ccc(O)cc1)C(=O)N[C@@H](CCC[NH+]=C(N)N)C(=O)N[C@@H](CCC[NH+]=C(N)N)C(N)=O)C(C)C. The number of aromatic hydroxyl groups is 1. The molecule has 0 aliphatic heterocycles. The molecule has 0 bridgehead atoms. The van der Waals surface area contributed by atoms with Crippen LogP contribution in [0.15, 0.2) is 24.3 Å². The second kappa shape index (κ2) is 31.8. The molecule has 0 unspecified atom stereocenters. The Bertz CT molecular complexity index is 2010. The first-order valence-corrected chi connectivity index (χ1v) is 23.5. The molecule has 7 atom stereocenters. The fourth-order valence-corrected chi connectivity index (χ4v) is 7.14. The number of phenols is 1. The van der Waals surface area contributed by atoms with Crippen LogP contribution in [0.5, 0.6) is 5.75 Å². The lowest BCUT2D eigenvalue weighted by atomic mass is 9.98. The first-order valence-electron chi connectivity index (χ1n) is 23.5. The minimum atomic E-state index is -1.57. The molecule has 0 aliphatic rings. The molecule has 1 aromatic carbocycles. The molecule has 0 saturated carbocycles. The van der Waals surface area contributed by atoms with Crippen molar-refractivity contribution < 1.29 is 64.0 Å². The molecule has 27 nitrogen and oxygen atoms in total. The van der Waals surface area contributed by atoms with Crippen molar-refractivity contribution in [2.24, 2.45) is 52.1 Å². The zero-order valence-corrected chi connectivity index (χ0v) is 41.5. The maximum absolute atomic E-state index is 14.5. The van der Waals surface area contributed by atoms with Gasteiger partial charge in [0, 0.05) is 13.3 Å². The van der Waals surface area contributed by atoms with Crippen LogP contribution in [0.1, 0.15) is 98.0 Å². The number of quaternary nitrogens is 1. The number of nitrogens with two attached hydrogens (primary N) is 7. The third kappa shape index (κ3) is 24.2. The molecule has 27 heteroatoms. The third-order valence-electron chi connectivity index (χ3n) is 10.8. The van der Waals surface area contributed by atoms with Crippen LogP contribution >= 0.6 is 0 Å². The minimum Gasteiger partial charge on any atom is -0.508 e. The largest absolute Gasteiger partial charge is 0.508 e. The zero-order chi connectivity index (χ0) is 54.0. The van der Waals surface area contributed by atoms with E-state index in [2.05, 4.69) is 47.6 Å². The number of guanidine groups is 2. The maximum atomic E-state index is 14.5. The van der Waals surface area contributed by atoms with E-state index in [1.54, 1.807) is 27.7 Å². The van der Waals surface area contributed by atoms with Gasteiger partial charge in [-0.2, -0.15) is 0 Å². The highest BCUT2D eigenvalue weighted by Gasteiger charge is 2.38. The van der Waals surface area contributed by atoms with E-state index in [0.29, 0.717) is 36.4 Å². The van der Waals surface area contributed by atoms with Gasteiger partial charge in [-0.25, -0.2) is 5.84 Å². The van der Waals surface area contributed by atoms with Gasteiger partial charge in [-0.15, -0.1) is 0 Å². The molecular weight excluding hydrogens is 927 g/mol. The molecule has 0 aliphatic carbocycles. The molecule has 26 N–H and O–H groups in total. The normalized spacial score (nSPS) is 13.9. The number of hydrogen-bond donors (Lipinski definition) is 17. The first-order chi connectivity index (χ1) is 33.3. The Morgan fingerprint density at radius 2 is 1.10 bits per heavy atom.